The molecule has 1 aromatic carbocycles. The first-order chi connectivity index (χ1) is 11.3. The molecule has 2 unspecified atom stereocenters. The van der Waals surface area contributed by atoms with Gasteiger partial charge in [-0.2, -0.15) is 0 Å². The largest absolute Gasteiger partial charge is 0.495 e. The van der Waals surface area contributed by atoms with Crippen LogP contribution < -0.4 is 10.1 Å². The van der Waals surface area contributed by atoms with Crippen LogP contribution in [0.1, 0.15) is 36.5 Å². The van der Waals surface area contributed by atoms with Crippen molar-refractivity contribution in [2.24, 2.45) is 0 Å². The van der Waals surface area contributed by atoms with Crippen molar-refractivity contribution in [3.63, 3.8) is 0 Å². The lowest BCUT2D eigenvalue weighted by atomic mass is 9.95. The third kappa shape index (κ3) is 4.15. The molecule has 3 rings (SSSR count). The van der Waals surface area contributed by atoms with Gasteiger partial charge >= 0.3 is 0 Å². The Bertz CT molecular complexity index is 655. The minimum Gasteiger partial charge on any atom is -0.495 e. The summed E-state index contributed by atoms with van der Waals surface area (Å²) < 4.78 is 10.5. The number of methoxy groups -OCH3 is 1. The van der Waals surface area contributed by atoms with Gasteiger partial charge in [-0.05, 0) is 37.0 Å². The normalized spacial score (nSPS) is 21.1. The molecule has 2 aromatic rings. The van der Waals surface area contributed by atoms with Crippen LogP contribution in [0.25, 0.3) is 0 Å². The molecule has 0 bridgehead atoms. The molecule has 0 saturated heterocycles. The van der Waals surface area contributed by atoms with Crippen molar-refractivity contribution in [3.05, 3.63) is 59.0 Å². The Morgan fingerprint density at radius 2 is 2.17 bits per heavy atom. The molecule has 0 amide bonds. The molecule has 1 aliphatic carbocycles. The summed E-state index contributed by atoms with van der Waals surface area (Å²) in [4.78, 5) is 0. The van der Waals surface area contributed by atoms with Crippen LogP contribution in [0.4, 0.5) is 0 Å². The number of ether oxygens (including phenoxy) is 1. The van der Waals surface area contributed by atoms with Crippen LogP contribution in [0.2, 0.25) is 5.02 Å². The van der Waals surface area contributed by atoms with E-state index in [1.807, 2.05) is 24.3 Å². The lowest BCUT2D eigenvalue weighted by Gasteiger charge is -2.20. The van der Waals surface area contributed by atoms with Gasteiger partial charge in [0.1, 0.15) is 11.5 Å². The summed E-state index contributed by atoms with van der Waals surface area (Å²) in [5.41, 5.74) is 1.15. The topological polar surface area (TPSA) is 47.3 Å². The van der Waals surface area contributed by atoms with Gasteiger partial charge in [-0.15, -0.1) is 0 Å². The summed E-state index contributed by atoms with van der Waals surface area (Å²) in [6.45, 7) is 0.783. The lowest BCUT2D eigenvalue weighted by molar-refractivity contribution is 0.337. The maximum atomic E-state index is 6.18. The van der Waals surface area contributed by atoms with Crippen molar-refractivity contribution in [1.29, 1.82) is 0 Å². The summed E-state index contributed by atoms with van der Waals surface area (Å²) in [6.07, 6.45) is 9.25. The van der Waals surface area contributed by atoms with E-state index in [9.17, 15) is 0 Å². The number of nitrogens with one attached hydrogen (secondary N) is 1. The van der Waals surface area contributed by atoms with Gasteiger partial charge in [0, 0.05) is 24.6 Å². The number of rotatable bonds is 5. The minimum atomic E-state index is 0.383. The quantitative estimate of drug-likeness (QED) is 0.828. The smallest absolute Gasteiger partial charge is 0.140 e. The standard InChI is InChI=1S/C18H21ClN2O2/c1-22-18-7-6-13(10-16(18)19)12-20-15-5-3-2-4-14(11-15)17-8-9-21-23-17/h2-3,6-10,14-15,20H,4-5,11-12H2,1H3. The third-order valence-electron chi connectivity index (χ3n) is 4.25. The minimum absolute atomic E-state index is 0.383. The second-order valence-corrected chi connectivity index (χ2v) is 6.24. The van der Waals surface area contributed by atoms with E-state index in [2.05, 4.69) is 22.6 Å². The fourth-order valence-electron chi connectivity index (χ4n) is 2.97. The Labute approximate surface area is 141 Å². The van der Waals surface area contributed by atoms with Gasteiger partial charge in [0.05, 0.1) is 18.3 Å². The van der Waals surface area contributed by atoms with E-state index in [-0.39, 0.29) is 0 Å². The van der Waals surface area contributed by atoms with Gasteiger partial charge < -0.3 is 14.6 Å². The van der Waals surface area contributed by atoms with E-state index in [4.69, 9.17) is 20.9 Å². The Balaban J connectivity index is 1.60. The zero-order chi connectivity index (χ0) is 16.1. The van der Waals surface area contributed by atoms with Crippen LogP contribution in [0.5, 0.6) is 5.75 Å². The number of benzene rings is 1. The molecule has 1 N–H and O–H groups in total. The highest BCUT2D eigenvalue weighted by Gasteiger charge is 2.21. The van der Waals surface area contributed by atoms with Crippen LogP contribution in [0.15, 0.2) is 47.1 Å². The second-order valence-electron chi connectivity index (χ2n) is 5.84. The summed E-state index contributed by atoms with van der Waals surface area (Å²) >= 11 is 6.18. The van der Waals surface area contributed by atoms with Crippen molar-refractivity contribution in [3.8, 4) is 5.75 Å². The van der Waals surface area contributed by atoms with E-state index in [0.29, 0.717) is 22.7 Å². The van der Waals surface area contributed by atoms with E-state index in [0.717, 1.165) is 37.1 Å². The van der Waals surface area contributed by atoms with Crippen LogP contribution >= 0.6 is 11.6 Å². The number of nitrogens with zero attached hydrogens (tertiary/aromatic N) is 1. The average Bonchev–Trinajstić information content (AvgIpc) is 2.99. The molecule has 5 heteroatoms. The number of halogens is 1. The summed E-state index contributed by atoms with van der Waals surface area (Å²) in [5, 5.41) is 8.09. The first-order valence-corrected chi connectivity index (χ1v) is 8.25. The molecule has 1 heterocycles. The SMILES string of the molecule is COc1ccc(CNC2CC=CCC(c3ccno3)C2)cc1Cl. The van der Waals surface area contributed by atoms with Crippen molar-refractivity contribution < 1.29 is 9.26 Å². The molecule has 0 fully saturated rings. The first kappa shape index (κ1) is 16.1. The first-order valence-electron chi connectivity index (χ1n) is 7.87. The molecular weight excluding hydrogens is 312 g/mol. The number of allylic oxidation sites excluding steroid dienone is 1. The summed E-state index contributed by atoms with van der Waals surface area (Å²) in [7, 11) is 1.63. The molecule has 0 aliphatic heterocycles. The van der Waals surface area contributed by atoms with Gasteiger partial charge in [-0.3, -0.25) is 0 Å². The third-order valence-corrected chi connectivity index (χ3v) is 4.54. The fourth-order valence-corrected chi connectivity index (χ4v) is 3.25. The van der Waals surface area contributed by atoms with Gasteiger partial charge in [-0.1, -0.05) is 35.0 Å². The molecule has 0 radical (unpaired) electrons. The molecular formula is C18H21ClN2O2. The molecule has 1 aromatic heterocycles. The Kier molecular flexibility index (Phi) is 5.36. The Morgan fingerprint density at radius 1 is 1.30 bits per heavy atom. The monoisotopic (exact) mass is 332 g/mol. The van der Waals surface area contributed by atoms with E-state index in [1.165, 1.54) is 0 Å². The predicted octanol–water partition coefficient (Wildman–Crippen LogP) is 4.32. The molecule has 1 aliphatic rings. The lowest BCUT2D eigenvalue weighted by Crippen LogP contribution is -2.29. The van der Waals surface area contributed by atoms with Gasteiger partial charge in [-0.25, -0.2) is 0 Å². The van der Waals surface area contributed by atoms with Crippen LogP contribution in [0.3, 0.4) is 0 Å². The number of aromatic nitrogens is 1. The zero-order valence-corrected chi connectivity index (χ0v) is 13.9. The molecule has 23 heavy (non-hydrogen) atoms. The summed E-state index contributed by atoms with van der Waals surface area (Å²) in [6, 6.07) is 8.27. The van der Waals surface area contributed by atoms with Crippen molar-refractivity contribution in [2.45, 2.75) is 37.8 Å². The fraction of sp³-hybridized carbons (Fsp3) is 0.389. The number of hydrogen-bond acceptors (Lipinski definition) is 4. The summed E-state index contributed by atoms with van der Waals surface area (Å²) in [5.74, 6) is 2.06. The maximum absolute atomic E-state index is 6.18. The van der Waals surface area contributed by atoms with Crippen molar-refractivity contribution in [2.75, 3.05) is 7.11 Å². The van der Waals surface area contributed by atoms with E-state index >= 15 is 0 Å². The van der Waals surface area contributed by atoms with Crippen LogP contribution in [-0.4, -0.2) is 18.3 Å². The molecule has 122 valence electrons. The molecule has 0 saturated carbocycles. The highest BCUT2D eigenvalue weighted by atomic mass is 35.5. The van der Waals surface area contributed by atoms with Crippen LogP contribution in [0, 0.1) is 0 Å². The Hall–Kier alpha value is -1.78. The van der Waals surface area contributed by atoms with E-state index < -0.39 is 0 Å². The number of hydrogen-bond donors (Lipinski definition) is 1. The van der Waals surface area contributed by atoms with Gasteiger partial charge in [0.25, 0.3) is 0 Å². The maximum Gasteiger partial charge on any atom is 0.140 e. The molecule has 4 nitrogen and oxygen atoms in total. The van der Waals surface area contributed by atoms with Gasteiger partial charge in [0.2, 0.25) is 0 Å². The van der Waals surface area contributed by atoms with Gasteiger partial charge in [0.15, 0.2) is 0 Å². The zero-order valence-electron chi connectivity index (χ0n) is 13.2. The highest BCUT2D eigenvalue weighted by Crippen LogP contribution is 2.29. The average molecular weight is 333 g/mol. The molecule has 2 atom stereocenters. The second kappa shape index (κ2) is 7.66. The van der Waals surface area contributed by atoms with Crippen molar-refractivity contribution in [1.82, 2.24) is 10.5 Å². The van der Waals surface area contributed by atoms with E-state index in [1.54, 1.807) is 13.3 Å². The highest BCUT2D eigenvalue weighted by molar-refractivity contribution is 6.32. The van der Waals surface area contributed by atoms with Crippen LogP contribution in [-0.2, 0) is 6.54 Å². The predicted molar refractivity (Wildman–Crippen MR) is 90.9 cm³/mol. The Morgan fingerprint density at radius 3 is 2.91 bits per heavy atom. The molecule has 0 spiro atoms. The van der Waals surface area contributed by atoms with Crippen molar-refractivity contribution >= 4 is 11.6 Å².